The van der Waals surface area contributed by atoms with E-state index in [1.165, 1.54) is 11.1 Å². The molecule has 5 nitrogen and oxygen atoms in total. The van der Waals surface area contributed by atoms with Crippen LogP contribution in [0.1, 0.15) is 35.7 Å². The highest BCUT2D eigenvalue weighted by Gasteiger charge is 2.37. The Bertz CT molecular complexity index is 1320. The maximum absolute atomic E-state index is 12.9. The van der Waals surface area contributed by atoms with Crippen molar-refractivity contribution in [3.05, 3.63) is 86.7 Å². The van der Waals surface area contributed by atoms with Crippen LogP contribution in [0.2, 0.25) is 0 Å². The number of aryl methyl sites for hydroxylation is 2. The molecule has 30 heavy (non-hydrogen) atoms. The lowest BCUT2D eigenvalue weighted by Crippen LogP contribution is -2.28. The molecule has 2 bridgehead atoms. The molecule has 3 aromatic rings. The summed E-state index contributed by atoms with van der Waals surface area (Å²) in [5.74, 6) is 1.15. The number of nitrogens with zero attached hydrogens (tertiary/aromatic N) is 4. The van der Waals surface area contributed by atoms with Crippen molar-refractivity contribution in [3.8, 4) is 16.5 Å². The van der Waals surface area contributed by atoms with Gasteiger partial charge in [0.2, 0.25) is 4.80 Å². The normalized spacial score (nSPS) is 22.6. The minimum Gasteiger partial charge on any atom is -0.318 e. The van der Waals surface area contributed by atoms with Gasteiger partial charge in [0.25, 0.3) is 5.56 Å². The van der Waals surface area contributed by atoms with Gasteiger partial charge in [-0.3, -0.25) is 4.79 Å². The predicted molar refractivity (Wildman–Crippen MR) is 118 cm³/mol. The molecule has 0 radical (unpaired) electrons. The van der Waals surface area contributed by atoms with Crippen LogP contribution in [0.25, 0.3) is 10.4 Å². The van der Waals surface area contributed by atoms with Crippen LogP contribution < -0.4 is 10.4 Å². The van der Waals surface area contributed by atoms with E-state index in [2.05, 4.69) is 35.0 Å². The van der Waals surface area contributed by atoms with Crippen molar-refractivity contribution in [2.75, 3.05) is 0 Å². The Morgan fingerprint density at radius 3 is 2.63 bits per heavy atom. The number of hydrogen-bond acceptors (Lipinski definition) is 4. The van der Waals surface area contributed by atoms with Crippen molar-refractivity contribution in [3.63, 3.8) is 0 Å². The first-order valence-electron chi connectivity index (χ1n) is 10.2. The summed E-state index contributed by atoms with van der Waals surface area (Å²) >= 11 is 1.59. The maximum atomic E-state index is 12.9. The number of hydrogen-bond donors (Lipinski definition) is 0. The summed E-state index contributed by atoms with van der Waals surface area (Å²) in [6.45, 7) is 3.65. The van der Waals surface area contributed by atoms with E-state index in [0.29, 0.717) is 23.4 Å². The number of pyridine rings is 1. The fourth-order valence-electron chi connectivity index (χ4n) is 4.70. The summed E-state index contributed by atoms with van der Waals surface area (Å²) in [6, 6.07) is 14.5. The fraction of sp³-hybridized carbons (Fsp3) is 0.292. The molecule has 3 atom stereocenters. The first kappa shape index (κ1) is 18.8. The molecule has 1 saturated carbocycles. The van der Waals surface area contributed by atoms with Gasteiger partial charge in [-0.1, -0.05) is 53.8 Å². The first-order valence-corrected chi connectivity index (χ1v) is 11.0. The van der Waals surface area contributed by atoms with Gasteiger partial charge in [0.05, 0.1) is 4.88 Å². The third-order valence-corrected chi connectivity index (χ3v) is 7.23. The molecule has 1 fully saturated rings. The highest BCUT2D eigenvalue weighted by atomic mass is 32.1. The summed E-state index contributed by atoms with van der Waals surface area (Å²) < 4.78 is 3.63. The molecule has 0 N–H and O–H groups in total. The van der Waals surface area contributed by atoms with Gasteiger partial charge in [0, 0.05) is 17.9 Å². The standard InChI is InChI=1S/C24H22N4OS/c1-15-10-16(2)28(23(29)20(15)13-25)26-24-27(21-12-17-8-9-19(21)11-17)14-22(30-24)18-6-4-3-5-7-18/h3-10,14,17,19,21H,11-12H2,1-2H3/t17-,19+,21-/m1/s1. The molecule has 2 aromatic heterocycles. The molecular weight excluding hydrogens is 392 g/mol. The van der Waals surface area contributed by atoms with E-state index < -0.39 is 0 Å². The highest BCUT2D eigenvalue weighted by molar-refractivity contribution is 7.12. The van der Waals surface area contributed by atoms with E-state index in [1.807, 2.05) is 37.3 Å². The topological polar surface area (TPSA) is 63.1 Å². The molecule has 1 aromatic carbocycles. The van der Waals surface area contributed by atoms with Crippen molar-refractivity contribution in [2.45, 2.75) is 32.7 Å². The lowest BCUT2D eigenvalue weighted by Gasteiger charge is -2.20. The molecule has 2 heterocycles. The Morgan fingerprint density at radius 2 is 1.97 bits per heavy atom. The van der Waals surface area contributed by atoms with Crippen molar-refractivity contribution >= 4 is 11.3 Å². The number of fused-ring (bicyclic) bond motifs is 2. The van der Waals surface area contributed by atoms with Gasteiger partial charge in [-0.25, -0.2) is 0 Å². The van der Waals surface area contributed by atoms with Crippen molar-refractivity contribution in [2.24, 2.45) is 16.9 Å². The summed E-state index contributed by atoms with van der Waals surface area (Å²) in [5.41, 5.74) is 2.35. The van der Waals surface area contributed by atoms with Crippen LogP contribution in [0.5, 0.6) is 0 Å². The van der Waals surface area contributed by atoms with Crippen molar-refractivity contribution < 1.29 is 0 Å². The van der Waals surface area contributed by atoms with Gasteiger partial charge in [-0.05, 0) is 55.7 Å². The van der Waals surface area contributed by atoms with E-state index in [-0.39, 0.29) is 11.1 Å². The quantitative estimate of drug-likeness (QED) is 0.598. The van der Waals surface area contributed by atoms with Crippen LogP contribution in [-0.4, -0.2) is 9.24 Å². The summed E-state index contributed by atoms with van der Waals surface area (Å²) in [7, 11) is 0. The predicted octanol–water partition coefficient (Wildman–Crippen LogP) is 4.37. The molecule has 5 rings (SSSR count). The van der Waals surface area contributed by atoms with Crippen molar-refractivity contribution in [1.82, 2.24) is 9.24 Å². The van der Waals surface area contributed by atoms with E-state index in [9.17, 15) is 10.1 Å². The minimum absolute atomic E-state index is 0.151. The average molecular weight is 415 g/mol. The number of rotatable bonds is 3. The zero-order valence-electron chi connectivity index (χ0n) is 16.9. The number of thiazole rings is 1. The highest BCUT2D eigenvalue weighted by Crippen LogP contribution is 2.46. The number of benzene rings is 1. The Hall–Kier alpha value is -3.17. The van der Waals surface area contributed by atoms with Gasteiger partial charge >= 0.3 is 0 Å². The number of aromatic nitrogens is 2. The Kier molecular flexibility index (Phi) is 4.56. The van der Waals surface area contributed by atoms with Crippen LogP contribution in [0, 0.1) is 37.0 Å². The zero-order chi connectivity index (χ0) is 20.8. The zero-order valence-corrected chi connectivity index (χ0v) is 17.8. The molecular formula is C24H22N4OS. The van der Waals surface area contributed by atoms with Crippen LogP contribution in [0.15, 0.2) is 64.6 Å². The van der Waals surface area contributed by atoms with E-state index in [4.69, 9.17) is 5.10 Å². The van der Waals surface area contributed by atoms with Gasteiger partial charge in [0.1, 0.15) is 11.6 Å². The molecule has 0 aliphatic heterocycles. The van der Waals surface area contributed by atoms with E-state index >= 15 is 0 Å². The molecule has 0 unspecified atom stereocenters. The maximum Gasteiger partial charge on any atom is 0.289 e. The molecule has 0 spiro atoms. The number of allylic oxidation sites excluding steroid dienone is 2. The molecule has 6 heteroatoms. The smallest absolute Gasteiger partial charge is 0.289 e. The molecule has 0 saturated heterocycles. The third kappa shape index (κ3) is 3.06. The SMILES string of the molecule is Cc1cc(C)n(N=c2sc(-c3ccccc3)cn2[C@@H]2C[C@@H]3C=C[C@H]2C3)c(=O)c1C#N. The first-order chi connectivity index (χ1) is 14.5. The largest absolute Gasteiger partial charge is 0.318 e. The number of nitriles is 1. The third-order valence-electron chi connectivity index (χ3n) is 6.20. The van der Waals surface area contributed by atoms with Gasteiger partial charge < -0.3 is 4.57 Å². The Labute approximate surface area is 178 Å². The van der Waals surface area contributed by atoms with Gasteiger partial charge in [-0.2, -0.15) is 9.94 Å². The molecule has 2 aliphatic rings. The van der Waals surface area contributed by atoms with Crippen LogP contribution in [0.4, 0.5) is 0 Å². The summed E-state index contributed by atoms with van der Waals surface area (Å²) in [6.07, 6.45) is 9.13. The fourth-order valence-corrected chi connectivity index (χ4v) is 5.74. The second kappa shape index (κ2) is 7.26. The summed E-state index contributed by atoms with van der Waals surface area (Å²) in [5, 5.41) is 14.2. The second-order valence-electron chi connectivity index (χ2n) is 8.17. The van der Waals surface area contributed by atoms with Gasteiger partial charge in [-0.15, -0.1) is 5.10 Å². The lowest BCUT2D eigenvalue weighted by molar-refractivity contribution is 0.421. The van der Waals surface area contributed by atoms with E-state index in [0.717, 1.165) is 27.4 Å². The summed E-state index contributed by atoms with van der Waals surface area (Å²) in [4.78, 5) is 14.8. The van der Waals surface area contributed by atoms with Crippen LogP contribution >= 0.6 is 11.3 Å². The van der Waals surface area contributed by atoms with E-state index in [1.54, 1.807) is 18.3 Å². The average Bonchev–Trinajstić information content (AvgIpc) is 3.47. The minimum atomic E-state index is -0.357. The van der Waals surface area contributed by atoms with Gasteiger partial charge in [0.15, 0.2) is 0 Å². The van der Waals surface area contributed by atoms with Crippen LogP contribution in [-0.2, 0) is 0 Å². The van der Waals surface area contributed by atoms with Crippen LogP contribution in [0.3, 0.4) is 0 Å². The monoisotopic (exact) mass is 414 g/mol. The Balaban J connectivity index is 1.72. The molecule has 150 valence electrons. The second-order valence-corrected chi connectivity index (χ2v) is 9.18. The molecule has 0 amide bonds. The van der Waals surface area contributed by atoms with Crippen molar-refractivity contribution in [1.29, 1.82) is 5.26 Å². The lowest BCUT2D eigenvalue weighted by atomic mass is 10.0. The Morgan fingerprint density at radius 1 is 1.17 bits per heavy atom. The molecule has 2 aliphatic carbocycles.